The van der Waals surface area contributed by atoms with Gasteiger partial charge in [0.25, 0.3) is 0 Å². The van der Waals surface area contributed by atoms with Gasteiger partial charge in [-0.25, -0.2) is 0 Å². The third kappa shape index (κ3) is 5.18. The SMILES string of the molecule is C[C@@H]1CC=Cc2c1n(C1=CCCC(c3ccc(-c4ccccc4)cc3)=C1)c1ccc(-c3ccc4c(c3)c3ccccc3n4-c3cccc(C#N)c3)cc21. The van der Waals surface area contributed by atoms with E-state index in [-0.39, 0.29) is 0 Å². The van der Waals surface area contributed by atoms with E-state index in [0.717, 1.165) is 36.0 Å². The fourth-order valence-corrected chi connectivity index (χ4v) is 8.68. The molecule has 8 aromatic rings. The summed E-state index contributed by atoms with van der Waals surface area (Å²) >= 11 is 0. The molecule has 252 valence electrons. The molecule has 6 aromatic carbocycles. The molecule has 0 fully saturated rings. The van der Waals surface area contributed by atoms with Crippen LogP contribution in [0, 0.1) is 11.3 Å². The molecule has 0 spiro atoms. The van der Waals surface area contributed by atoms with Gasteiger partial charge in [0.15, 0.2) is 0 Å². The second kappa shape index (κ2) is 12.5. The quantitative estimate of drug-likeness (QED) is 0.178. The minimum atomic E-state index is 0.415. The summed E-state index contributed by atoms with van der Waals surface area (Å²) in [5, 5.41) is 13.3. The average molecular weight is 680 g/mol. The third-order valence-corrected chi connectivity index (χ3v) is 11.2. The van der Waals surface area contributed by atoms with Crippen LogP contribution in [0.25, 0.3) is 78.0 Å². The van der Waals surface area contributed by atoms with Crippen molar-refractivity contribution in [2.24, 2.45) is 0 Å². The zero-order valence-electron chi connectivity index (χ0n) is 29.6. The Morgan fingerprint density at radius 2 is 1.28 bits per heavy atom. The Kier molecular flexibility index (Phi) is 7.37. The maximum Gasteiger partial charge on any atom is 0.0992 e. The first-order valence-electron chi connectivity index (χ1n) is 18.6. The van der Waals surface area contributed by atoms with Gasteiger partial charge in [0, 0.05) is 44.7 Å². The summed E-state index contributed by atoms with van der Waals surface area (Å²) in [7, 11) is 0. The van der Waals surface area contributed by atoms with Gasteiger partial charge < -0.3 is 9.13 Å². The molecule has 10 rings (SSSR count). The zero-order chi connectivity index (χ0) is 35.5. The van der Waals surface area contributed by atoms with Gasteiger partial charge >= 0.3 is 0 Å². The van der Waals surface area contributed by atoms with Crippen molar-refractivity contribution in [3.8, 4) is 34.0 Å². The van der Waals surface area contributed by atoms with Crippen LogP contribution in [0.5, 0.6) is 0 Å². The molecule has 0 aliphatic heterocycles. The largest absolute Gasteiger partial charge is 0.313 e. The molecule has 2 aliphatic carbocycles. The monoisotopic (exact) mass is 679 g/mol. The second-order valence-electron chi connectivity index (χ2n) is 14.4. The standard InChI is InChI=1S/C50H37N3/c1-33-10-7-18-44-46-31-40(39-24-26-48-45(30-39)43-17-5-6-19-47(43)52(48)41-15-8-11-34(28-41)32-51)25-27-49(46)53(50(33)44)42-16-9-14-38(29-42)37-22-20-36(21-23-37)35-12-3-2-4-13-35/h2-8,11-13,15-31,33H,9-10,14H2,1H3/t33-/m1/s1. The van der Waals surface area contributed by atoms with Crippen LogP contribution in [-0.2, 0) is 0 Å². The van der Waals surface area contributed by atoms with Crippen molar-refractivity contribution in [1.82, 2.24) is 9.13 Å². The molecule has 1 atom stereocenters. The van der Waals surface area contributed by atoms with Crippen LogP contribution >= 0.6 is 0 Å². The normalized spacial score (nSPS) is 15.4. The fraction of sp³-hybridized carbons (Fsp3) is 0.100. The molecular formula is C50H37N3. The van der Waals surface area contributed by atoms with Crippen LogP contribution in [-0.4, -0.2) is 9.13 Å². The van der Waals surface area contributed by atoms with Crippen molar-refractivity contribution < 1.29 is 0 Å². The predicted molar refractivity (Wildman–Crippen MR) is 222 cm³/mol. The number of fused-ring (bicyclic) bond motifs is 6. The molecule has 0 bridgehead atoms. The van der Waals surface area contributed by atoms with Crippen LogP contribution in [0.3, 0.4) is 0 Å². The molecule has 3 nitrogen and oxygen atoms in total. The van der Waals surface area contributed by atoms with Gasteiger partial charge in [-0.3, -0.25) is 0 Å². The van der Waals surface area contributed by atoms with Gasteiger partial charge in [-0.2, -0.15) is 5.26 Å². The number of aromatic nitrogens is 2. The summed E-state index contributed by atoms with van der Waals surface area (Å²) in [5.74, 6) is 0.415. The van der Waals surface area contributed by atoms with E-state index in [2.05, 4.69) is 168 Å². The van der Waals surface area contributed by atoms with Gasteiger partial charge in [0.2, 0.25) is 0 Å². The molecule has 0 radical (unpaired) electrons. The average Bonchev–Trinajstić information content (AvgIpc) is 3.74. The summed E-state index contributed by atoms with van der Waals surface area (Å²) in [4.78, 5) is 0. The van der Waals surface area contributed by atoms with E-state index < -0.39 is 0 Å². The minimum absolute atomic E-state index is 0.415. The molecule has 2 aromatic heterocycles. The highest BCUT2D eigenvalue weighted by atomic mass is 15.0. The highest BCUT2D eigenvalue weighted by Crippen LogP contribution is 2.43. The maximum absolute atomic E-state index is 9.62. The minimum Gasteiger partial charge on any atom is -0.313 e. The zero-order valence-corrected chi connectivity index (χ0v) is 29.6. The van der Waals surface area contributed by atoms with Crippen molar-refractivity contribution in [2.45, 2.75) is 32.1 Å². The molecule has 0 N–H and O–H groups in total. The second-order valence-corrected chi connectivity index (χ2v) is 14.4. The Bertz CT molecular complexity index is 2870. The van der Waals surface area contributed by atoms with E-state index in [1.54, 1.807) is 0 Å². The topological polar surface area (TPSA) is 33.6 Å². The Labute approximate surface area is 309 Å². The predicted octanol–water partition coefficient (Wildman–Crippen LogP) is 13.2. The molecule has 0 unspecified atom stereocenters. The van der Waals surface area contributed by atoms with Crippen molar-refractivity contribution >= 4 is 50.1 Å². The molecule has 2 aliphatic rings. The summed E-state index contributed by atoms with van der Waals surface area (Å²) in [5.41, 5.74) is 16.8. The Morgan fingerprint density at radius 1 is 0.604 bits per heavy atom. The van der Waals surface area contributed by atoms with E-state index in [4.69, 9.17) is 0 Å². The lowest BCUT2D eigenvalue weighted by Gasteiger charge is -2.22. The van der Waals surface area contributed by atoms with Gasteiger partial charge in [-0.15, -0.1) is 0 Å². The lowest BCUT2D eigenvalue weighted by atomic mass is 9.92. The van der Waals surface area contributed by atoms with E-state index >= 15 is 0 Å². The van der Waals surface area contributed by atoms with E-state index in [0.29, 0.717) is 11.5 Å². The Balaban J connectivity index is 1.07. The van der Waals surface area contributed by atoms with Crippen molar-refractivity contribution in [2.75, 3.05) is 0 Å². The first-order valence-corrected chi connectivity index (χ1v) is 18.6. The molecule has 0 saturated heterocycles. The molecular weight excluding hydrogens is 643 g/mol. The molecule has 3 heteroatoms. The summed E-state index contributed by atoms with van der Waals surface area (Å²) in [6.07, 6.45) is 12.6. The number of para-hydroxylation sites is 1. The molecule has 0 saturated carbocycles. The van der Waals surface area contributed by atoms with Gasteiger partial charge in [-0.05, 0) is 107 Å². The highest BCUT2D eigenvalue weighted by molar-refractivity contribution is 6.11. The van der Waals surface area contributed by atoms with Crippen molar-refractivity contribution in [1.29, 1.82) is 5.26 Å². The number of rotatable bonds is 5. The maximum atomic E-state index is 9.62. The van der Waals surface area contributed by atoms with Crippen LogP contribution in [0.15, 0.2) is 158 Å². The van der Waals surface area contributed by atoms with Crippen molar-refractivity contribution in [3.05, 3.63) is 180 Å². The van der Waals surface area contributed by atoms with Crippen LogP contribution in [0.4, 0.5) is 0 Å². The van der Waals surface area contributed by atoms with Gasteiger partial charge in [-0.1, -0.05) is 116 Å². The number of hydrogen-bond donors (Lipinski definition) is 0. The summed E-state index contributed by atoms with van der Waals surface area (Å²) in [6.45, 7) is 2.37. The molecule has 53 heavy (non-hydrogen) atoms. The number of nitriles is 1. The number of nitrogens with zero attached hydrogens (tertiary/aromatic N) is 3. The molecule has 0 amide bonds. The van der Waals surface area contributed by atoms with Crippen molar-refractivity contribution in [3.63, 3.8) is 0 Å². The lowest BCUT2D eigenvalue weighted by Crippen LogP contribution is -2.09. The van der Waals surface area contributed by atoms with E-state index in [1.165, 1.54) is 72.0 Å². The lowest BCUT2D eigenvalue weighted by molar-refractivity contribution is 0.727. The summed E-state index contributed by atoms with van der Waals surface area (Å²) < 4.78 is 4.82. The fourth-order valence-electron chi connectivity index (χ4n) is 8.68. The number of benzene rings is 6. The first-order chi connectivity index (χ1) is 26.1. The van der Waals surface area contributed by atoms with E-state index in [1.807, 2.05) is 18.2 Å². The van der Waals surface area contributed by atoms with E-state index in [9.17, 15) is 5.26 Å². The smallest absolute Gasteiger partial charge is 0.0992 e. The van der Waals surface area contributed by atoms with Crippen LogP contribution in [0.2, 0.25) is 0 Å². The molecule has 2 heterocycles. The Hall–Kier alpha value is -6.63. The Morgan fingerprint density at radius 3 is 2.09 bits per heavy atom. The number of hydrogen-bond acceptors (Lipinski definition) is 1. The van der Waals surface area contributed by atoms with Gasteiger partial charge in [0.1, 0.15) is 0 Å². The number of allylic oxidation sites excluding steroid dienone is 5. The first kappa shape index (κ1) is 31.1. The highest BCUT2D eigenvalue weighted by Gasteiger charge is 2.25. The van der Waals surface area contributed by atoms with Crippen LogP contribution in [0.1, 0.15) is 54.5 Å². The van der Waals surface area contributed by atoms with Crippen LogP contribution < -0.4 is 0 Å². The van der Waals surface area contributed by atoms with Gasteiger partial charge in [0.05, 0.1) is 28.2 Å². The summed E-state index contributed by atoms with van der Waals surface area (Å²) in [6, 6.07) is 52.3. The third-order valence-electron chi connectivity index (χ3n) is 11.2.